The molecule has 3 N–H and O–H groups in total. The van der Waals surface area contributed by atoms with E-state index in [1.807, 2.05) is 0 Å². The molecule has 1 amide bonds. The summed E-state index contributed by atoms with van der Waals surface area (Å²) in [6, 6.07) is 5.45. The van der Waals surface area contributed by atoms with Crippen LogP contribution in [0.25, 0.3) is 0 Å². The van der Waals surface area contributed by atoms with Crippen molar-refractivity contribution in [2.24, 2.45) is 11.7 Å². The van der Waals surface area contributed by atoms with Gasteiger partial charge in [0.1, 0.15) is 0 Å². The van der Waals surface area contributed by atoms with Crippen molar-refractivity contribution >= 4 is 5.91 Å². The Balaban J connectivity index is 1.83. The number of rotatable bonds is 6. The Morgan fingerprint density at radius 1 is 1.39 bits per heavy atom. The van der Waals surface area contributed by atoms with Crippen molar-refractivity contribution < 1.29 is 18.0 Å². The normalized spacial score (nSPS) is 19.0. The lowest BCUT2D eigenvalue weighted by molar-refractivity contribution is -0.137. The van der Waals surface area contributed by atoms with Crippen LogP contribution in [0.3, 0.4) is 0 Å². The average molecular weight is 329 g/mol. The lowest BCUT2D eigenvalue weighted by Gasteiger charge is -2.17. The molecule has 1 aliphatic heterocycles. The number of likely N-dealkylation sites (tertiary alicyclic amines) is 1. The van der Waals surface area contributed by atoms with E-state index in [1.54, 1.807) is 6.07 Å². The van der Waals surface area contributed by atoms with Crippen molar-refractivity contribution in [3.8, 4) is 0 Å². The Labute approximate surface area is 133 Å². The molecule has 23 heavy (non-hydrogen) atoms. The first-order chi connectivity index (χ1) is 10.9. The number of nitrogens with one attached hydrogen (secondary N) is 1. The van der Waals surface area contributed by atoms with Gasteiger partial charge in [-0.25, -0.2) is 0 Å². The smallest absolute Gasteiger partial charge is 0.356 e. The zero-order valence-electron chi connectivity index (χ0n) is 12.9. The number of nitrogens with two attached hydrogens (primary N) is 1. The predicted octanol–water partition coefficient (Wildman–Crippen LogP) is 1.99. The largest absolute Gasteiger partial charge is 0.416 e. The van der Waals surface area contributed by atoms with Gasteiger partial charge < -0.3 is 11.1 Å². The molecule has 0 bridgehead atoms. The Hall–Kier alpha value is -1.60. The highest BCUT2D eigenvalue weighted by Crippen LogP contribution is 2.30. The van der Waals surface area contributed by atoms with Crippen LogP contribution in [0.15, 0.2) is 24.3 Å². The van der Waals surface area contributed by atoms with Crippen LogP contribution in [0.2, 0.25) is 0 Å². The predicted molar refractivity (Wildman–Crippen MR) is 81.5 cm³/mol. The number of benzene rings is 1. The summed E-state index contributed by atoms with van der Waals surface area (Å²) in [6.45, 7) is 3.03. The van der Waals surface area contributed by atoms with Gasteiger partial charge in [-0.2, -0.15) is 13.2 Å². The maximum atomic E-state index is 12.7. The molecule has 0 aliphatic carbocycles. The Morgan fingerprint density at radius 3 is 2.87 bits per heavy atom. The van der Waals surface area contributed by atoms with Gasteiger partial charge in [0.15, 0.2) is 0 Å². The summed E-state index contributed by atoms with van der Waals surface area (Å²) >= 11 is 0. The van der Waals surface area contributed by atoms with Gasteiger partial charge >= 0.3 is 6.18 Å². The Kier molecular flexibility index (Phi) is 6.01. The molecular formula is C16H22F3N3O. The van der Waals surface area contributed by atoms with Gasteiger partial charge in [-0.05, 0) is 30.5 Å². The summed E-state index contributed by atoms with van der Waals surface area (Å²) in [5.74, 6) is 0.284. The first-order valence-electron chi connectivity index (χ1n) is 7.73. The molecule has 0 radical (unpaired) electrons. The molecule has 2 rings (SSSR count). The van der Waals surface area contributed by atoms with Gasteiger partial charge in [-0.3, -0.25) is 9.69 Å². The topological polar surface area (TPSA) is 58.4 Å². The number of hydrogen-bond acceptors (Lipinski definition) is 3. The number of halogens is 3. The van der Waals surface area contributed by atoms with Crippen LogP contribution in [-0.2, 0) is 17.5 Å². The van der Waals surface area contributed by atoms with Crippen molar-refractivity contribution in [3.63, 3.8) is 0 Å². The van der Waals surface area contributed by atoms with Crippen LogP contribution < -0.4 is 11.1 Å². The minimum absolute atomic E-state index is 0.0520. The third kappa shape index (κ3) is 5.51. The number of alkyl halides is 3. The second-order valence-electron chi connectivity index (χ2n) is 5.93. The lowest BCUT2D eigenvalue weighted by Crippen LogP contribution is -2.32. The molecule has 1 aromatic carbocycles. The Bertz CT molecular complexity index is 534. The summed E-state index contributed by atoms with van der Waals surface area (Å²) in [5.41, 5.74) is 5.36. The van der Waals surface area contributed by atoms with Gasteiger partial charge in [0.05, 0.1) is 5.56 Å². The Morgan fingerprint density at radius 2 is 2.17 bits per heavy atom. The number of carbonyl (C=O) groups excluding carboxylic acids is 1. The summed E-state index contributed by atoms with van der Waals surface area (Å²) in [6.07, 6.45) is -3.06. The van der Waals surface area contributed by atoms with Crippen molar-refractivity contribution in [1.29, 1.82) is 0 Å². The maximum Gasteiger partial charge on any atom is 0.416 e. The molecule has 1 fully saturated rings. The molecule has 1 heterocycles. The molecule has 1 unspecified atom stereocenters. The van der Waals surface area contributed by atoms with E-state index < -0.39 is 11.7 Å². The van der Waals surface area contributed by atoms with E-state index in [0.29, 0.717) is 37.5 Å². The number of carbonyl (C=O) groups is 1. The molecule has 0 aromatic heterocycles. The van der Waals surface area contributed by atoms with Crippen molar-refractivity contribution in [3.05, 3.63) is 35.4 Å². The SMILES string of the molecule is NCCC(=O)NCC1CCN(Cc2cccc(C(F)(F)F)c2)C1. The fourth-order valence-corrected chi connectivity index (χ4v) is 2.80. The second kappa shape index (κ2) is 7.79. The quantitative estimate of drug-likeness (QED) is 0.839. The molecule has 4 nitrogen and oxygen atoms in total. The summed E-state index contributed by atoms with van der Waals surface area (Å²) < 4.78 is 38.2. The van der Waals surface area contributed by atoms with Gasteiger partial charge in [0, 0.05) is 32.6 Å². The van der Waals surface area contributed by atoms with Crippen LogP contribution in [0, 0.1) is 5.92 Å². The van der Waals surface area contributed by atoms with E-state index in [4.69, 9.17) is 5.73 Å². The third-order valence-corrected chi connectivity index (χ3v) is 3.99. The van der Waals surface area contributed by atoms with E-state index in [-0.39, 0.29) is 5.91 Å². The van der Waals surface area contributed by atoms with Crippen molar-refractivity contribution in [1.82, 2.24) is 10.2 Å². The third-order valence-electron chi connectivity index (χ3n) is 3.99. The van der Waals surface area contributed by atoms with E-state index in [1.165, 1.54) is 12.1 Å². The van der Waals surface area contributed by atoms with Crippen LogP contribution in [0.1, 0.15) is 24.0 Å². The van der Waals surface area contributed by atoms with E-state index >= 15 is 0 Å². The molecular weight excluding hydrogens is 307 g/mol. The number of amides is 1. The lowest BCUT2D eigenvalue weighted by atomic mass is 10.1. The molecule has 1 aliphatic rings. The molecule has 7 heteroatoms. The fraction of sp³-hybridized carbons (Fsp3) is 0.562. The standard InChI is InChI=1S/C16H22F3N3O/c17-16(18,19)14-3-1-2-12(8-14)10-22-7-5-13(11-22)9-21-15(23)4-6-20/h1-3,8,13H,4-7,9-11,20H2,(H,21,23). The monoisotopic (exact) mass is 329 g/mol. The minimum atomic E-state index is -4.31. The number of hydrogen-bond donors (Lipinski definition) is 2. The summed E-state index contributed by atoms with van der Waals surface area (Å²) in [7, 11) is 0. The van der Waals surface area contributed by atoms with Crippen LogP contribution in [-0.4, -0.2) is 37.0 Å². The minimum Gasteiger partial charge on any atom is -0.356 e. The maximum absolute atomic E-state index is 12.7. The molecule has 1 aromatic rings. The highest BCUT2D eigenvalue weighted by Gasteiger charge is 2.30. The van der Waals surface area contributed by atoms with Crippen molar-refractivity contribution in [2.45, 2.75) is 25.6 Å². The molecule has 1 atom stereocenters. The van der Waals surface area contributed by atoms with Crippen LogP contribution >= 0.6 is 0 Å². The van der Waals surface area contributed by atoms with Gasteiger partial charge in [-0.15, -0.1) is 0 Å². The molecule has 0 saturated carbocycles. The first-order valence-corrected chi connectivity index (χ1v) is 7.73. The fourth-order valence-electron chi connectivity index (χ4n) is 2.80. The zero-order chi connectivity index (χ0) is 16.9. The summed E-state index contributed by atoms with van der Waals surface area (Å²) in [5, 5.41) is 2.84. The zero-order valence-corrected chi connectivity index (χ0v) is 12.9. The number of nitrogens with zero attached hydrogens (tertiary/aromatic N) is 1. The molecule has 128 valence electrons. The second-order valence-corrected chi connectivity index (χ2v) is 5.93. The van der Waals surface area contributed by atoms with Gasteiger partial charge in [-0.1, -0.05) is 18.2 Å². The summed E-state index contributed by atoms with van der Waals surface area (Å²) in [4.78, 5) is 13.5. The van der Waals surface area contributed by atoms with Crippen molar-refractivity contribution in [2.75, 3.05) is 26.2 Å². The van der Waals surface area contributed by atoms with Gasteiger partial charge in [0.2, 0.25) is 5.91 Å². The molecule has 0 spiro atoms. The highest BCUT2D eigenvalue weighted by atomic mass is 19.4. The van der Waals surface area contributed by atoms with Gasteiger partial charge in [0.25, 0.3) is 0 Å². The first kappa shape index (κ1) is 17.7. The van der Waals surface area contributed by atoms with Crippen LogP contribution in [0.5, 0.6) is 0 Å². The van der Waals surface area contributed by atoms with E-state index in [2.05, 4.69) is 10.2 Å². The van der Waals surface area contributed by atoms with E-state index in [9.17, 15) is 18.0 Å². The highest BCUT2D eigenvalue weighted by molar-refractivity contribution is 5.76. The van der Waals surface area contributed by atoms with Crippen LogP contribution in [0.4, 0.5) is 13.2 Å². The molecule has 1 saturated heterocycles. The van der Waals surface area contributed by atoms with E-state index in [0.717, 1.165) is 25.6 Å². The average Bonchev–Trinajstić information content (AvgIpc) is 2.92.